The SMILES string of the molecule is CC1(C)CC2CCCC(C1)C2CCN. The highest BCUT2D eigenvalue weighted by Gasteiger charge is 2.42. The molecule has 0 heterocycles. The molecule has 1 heteroatoms. The van der Waals surface area contributed by atoms with Gasteiger partial charge in [0.1, 0.15) is 0 Å². The Morgan fingerprint density at radius 2 is 1.71 bits per heavy atom. The lowest BCUT2D eigenvalue weighted by molar-refractivity contribution is 0.0129. The van der Waals surface area contributed by atoms with Crippen LogP contribution < -0.4 is 5.73 Å². The molecule has 2 aliphatic rings. The molecule has 2 aliphatic carbocycles. The molecule has 0 saturated heterocycles. The molecule has 0 aliphatic heterocycles. The zero-order chi connectivity index (χ0) is 10.2. The van der Waals surface area contributed by atoms with Crippen molar-refractivity contribution in [2.45, 2.75) is 52.4 Å². The first kappa shape index (κ1) is 10.5. The van der Waals surface area contributed by atoms with Crippen LogP contribution in [0.2, 0.25) is 0 Å². The maximum atomic E-state index is 5.73. The van der Waals surface area contributed by atoms with Gasteiger partial charge in [0.15, 0.2) is 0 Å². The second kappa shape index (κ2) is 3.84. The van der Waals surface area contributed by atoms with Gasteiger partial charge in [0, 0.05) is 0 Å². The van der Waals surface area contributed by atoms with Crippen LogP contribution in [0.15, 0.2) is 0 Å². The van der Waals surface area contributed by atoms with Crippen molar-refractivity contribution in [2.75, 3.05) is 6.54 Å². The number of rotatable bonds is 2. The summed E-state index contributed by atoms with van der Waals surface area (Å²) in [6.07, 6.45) is 8.62. The molecule has 0 aromatic rings. The summed E-state index contributed by atoms with van der Waals surface area (Å²) in [6.45, 7) is 5.81. The first-order valence-corrected chi connectivity index (χ1v) is 6.32. The lowest BCUT2D eigenvalue weighted by atomic mass is 9.56. The minimum absolute atomic E-state index is 0.612. The third kappa shape index (κ3) is 1.98. The Kier molecular flexibility index (Phi) is 2.88. The lowest BCUT2D eigenvalue weighted by Gasteiger charge is -2.49. The summed E-state index contributed by atoms with van der Waals surface area (Å²) in [5, 5.41) is 0. The van der Waals surface area contributed by atoms with E-state index in [9.17, 15) is 0 Å². The van der Waals surface area contributed by atoms with Crippen molar-refractivity contribution in [3.05, 3.63) is 0 Å². The third-order valence-electron chi connectivity index (χ3n) is 4.49. The van der Waals surface area contributed by atoms with E-state index in [1.165, 1.54) is 38.5 Å². The Labute approximate surface area is 88.4 Å². The molecule has 82 valence electrons. The van der Waals surface area contributed by atoms with E-state index in [1.807, 2.05) is 0 Å². The number of nitrogens with two attached hydrogens (primary N) is 1. The van der Waals surface area contributed by atoms with Gasteiger partial charge in [0.25, 0.3) is 0 Å². The first-order valence-electron chi connectivity index (χ1n) is 6.32. The van der Waals surface area contributed by atoms with E-state index >= 15 is 0 Å². The molecular weight excluding hydrogens is 170 g/mol. The predicted octanol–water partition coefficient (Wildman–Crippen LogP) is 3.19. The van der Waals surface area contributed by atoms with Crippen molar-refractivity contribution in [1.82, 2.24) is 0 Å². The fourth-order valence-electron chi connectivity index (χ4n) is 4.13. The van der Waals surface area contributed by atoms with Crippen molar-refractivity contribution in [1.29, 1.82) is 0 Å². The lowest BCUT2D eigenvalue weighted by Crippen LogP contribution is -2.40. The molecule has 14 heavy (non-hydrogen) atoms. The molecule has 2 saturated carbocycles. The maximum Gasteiger partial charge on any atom is -0.00744 e. The minimum Gasteiger partial charge on any atom is -0.330 e. The molecule has 0 spiro atoms. The summed E-state index contributed by atoms with van der Waals surface area (Å²) in [5.74, 6) is 2.98. The van der Waals surface area contributed by atoms with Gasteiger partial charge in [-0.2, -0.15) is 0 Å². The second-order valence-corrected chi connectivity index (χ2v) is 6.26. The molecule has 1 nitrogen and oxygen atoms in total. The predicted molar refractivity (Wildman–Crippen MR) is 61.0 cm³/mol. The summed E-state index contributed by atoms with van der Waals surface area (Å²) < 4.78 is 0. The average Bonchev–Trinajstić information content (AvgIpc) is 2.06. The molecule has 0 radical (unpaired) electrons. The molecule has 2 atom stereocenters. The van der Waals surface area contributed by atoms with Crippen molar-refractivity contribution in [3.63, 3.8) is 0 Å². The normalized spacial score (nSPS) is 40.9. The fraction of sp³-hybridized carbons (Fsp3) is 1.00. The van der Waals surface area contributed by atoms with E-state index in [-0.39, 0.29) is 0 Å². The zero-order valence-corrected chi connectivity index (χ0v) is 9.76. The van der Waals surface area contributed by atoms with Gasteiger partial charge < -0.3 is 5.73 Å². The first-order chi connectivity index (χ1) is 6.62. The highest BCUT2D eigenvalue weighted by atomic mass is 14.6. The summed E-state index contributed by atoms with van der Waals surface area (Å²) in [5.41, 5.74) is 6.34. The Balaban J connectivity index is 2.07. The van der Waals surface area contributed by atoms with E-state index in [1.54, 1.807) is 0 Å². The van der Waals surface area contributed by atoms with Crippen LogP contribution in [0.3, 0.4) is 0 Å². The smallest absolute Gasteiger partial charge is 0.00744 e. The van der Waals surface area contributed by atoms with Gasteiger partial charge >= 0.3 is 0 Å². The van der Waals surface area contributed by atoms with E-state index < -0.39 is 0 Å². The average molecular weight is 195 g/mol. The van der Waals surface area contributed by atoms with Crippen LogP contribution in [0.5, 0.6) is 0 Å². The van der Waals surface area contributed by atoms with Gasteiger partial charge in [0.05, 0.1) is 0 Å². The van der Waals surface area contributed by atoms with Crippen LogP contribution >= 0.6 is 0 Å². The van der Waals surface area contributed by atoms with Gasteiger partial charge in [-0.3, -0.25) is 0 Å². The monoisotopic (exact) mass is 195 g/mol. The van der Waals surface area contributed by atoms with E-state index in [2.05, 4.69) is 13.8 Å². The van der Waals surface area contributed by atoms with Crippen LogP contribution in [-0.4, -0.2) is 6.54 Å². The Hall–Kier alpha value is -0.0400. The van der Waals surface area contributed by atoms with Gasteiger partial charge in [0.2, 0.25) is 0 Å². The Morgan fingerprint density at radius 3 is 2.21 bits per heavy atom. The number of fused-ring (bicyclic) bond motifs is 2. The van der Waals surface area contributed by atoms with Crippen LogP contribution in [0.25, 0.3) is 0 Å². The quantitative estimate of drug-likeness (QED) is 0.719. The standard InChI is InChI=1S/C13H25N/c1-13(2)8-10-4-3-5-11(9-13)12(10)6-7-14/h10-12H,3-9,14H2,1-2H3. The number of hydrogen-bond acceptors (Lipinski definition) is 1. The zero-order valence-electron chi connectivity index (χ0n) is 9.76. The topological polar surface area (TPSA) is 26.0 Å². The number of hydrogen-bond donors (Lipinski definition) is 1. The molecule has 2 unspecified atom stereocenters. The third-order valence-corrected chi connectivity index (χ3v) is 4.49. The molecule has 0 aromatic heterocycles. The molecule has 2 bridgehead atoms. The molecule has 2 rings (SSSR count). The Morgan fingerprint density at radius 1 is 1.14 bits per heavy atom. The molecular formula is C13H25N. The minimum atomic E-state index is 0.612. The van der Waals surface area contributed by atoms with Crippen LogP contribution in [0.1, 0.15) is 52.4 Å². The summed E-state index contributed by atoms with van der Waals surface area (Å²) in [6, 6.07) is 0. The summed E-state index contributed by atoms with van der Waals surface area (Å²) in [4.78, 5) is 0. The van der Waals surface area contributed by atoms with Gasteiger partial charge in [-0.1, -0.05) is 33.1 Å². The summed E-state index contributed by atoms with van der Waals surface area (Å²) >= 11 is 0. The van der Waals surface area contributed by atoms with Crippen molar-refractivity contribution in [2.24, 2.45) is 28.9 Å². The van der Waals surface area contributed by atoms with Gasteiger partial charge in [-0.15, -0.1) is 0 Å². The molecule has 0 amide bonds. The second-order valence-electron chi connectivity index (χ2n) is 6.26. The highest BCUT2D eigenvalue weighted by Crippen LogP contribution is 2.52. The Bertz CT molecular complexity index is 181. The largest absolute Gasteiger partial charge is 0.330 e. The van der Waals surface area contributed by atoms with Crippen LogP contribution in [0, 0.1) is 23.2 Å². The van der Waals surface area contributed by atoms with E-state index in [0.717, 1.165) is 24.3 Å². The van der Waals surface area contributed by atoms with Crippen LogP contribution in [-0.2, 0) is 0 Å². The van der Waals surface area contributed by atoms with E-state index in [0.29, 0.717) is 5.41 Å². The van der Waals surface area contributed by atoms with Crippen molar-refractivity contribution in [3.8, 4) is 0 Å². The molecule has 2 N–H and O–H groups in total. The molecule has 0 aromatic carbocycles. The fourth-order valence-corrected chi connectivity index (χ4v) is 4.13. The van der Waals surface area contributed by atoms with E-state index in [4.69, 9.17) is 5.73 Å². The molecule has 2 fully saturated rings. The summed E-state index contributed by atoms with van der Waals surface area (Å²) in [7, 11) is 0. The van der Waals surface area contributed by atoms with Crippen molar-refractivity contribution < 1.29 is 0 Å². The highest BCUT2D eigenvalue weighted by molar-refractivity contribution is 4.93. The van der Waals surface area contributed by atoms with Gasteiger partial charge in [-0.25, -0.2) is 0 Å². The van der Waals surface area contributed by atoms with Crippen LogP contribution in [0.4, 0.5) is 0 Å². The van der Waals surface area contributed by atoms with Gasteiger partial charge in [-0.05, 0) is 49.0 Å². The maximum absolute atomic E-state index is 5.73. The van der Waals surface area contributed by atoms with Crippen molar-refractivity contribution >= 4 is 0 Å².